The van der Waals surface area contributed by atoms with Gasteiger partial charge in [0, 0.05) is 10.4 Å². The van der Waals surface area contributed by atoms with E-state index in [9.17, 15) is 4.79 Å². The lowest BCUT2D eigenvalue weighted by Gasteiger charge is -1.95. The maximum atomic E-state index is 10.9. The summed E-state index contributed by atoms with van der Waals surface area (Å²) in [5, 5.41) is 8.98. The lowest BCUT2D eigenvalue weighted by molar-refractivity contribution is 0.0703. The Morgan fingerprint density at radius 3 is 2.41 bits per heavy atom. The summed E-state index contributed by atoms with van der Waals surface area (Å²) in [6.45, 7) is 5.71. The Balaban J connectivity index is 2.61. The molecule has 0 atom stereocenters. The maximum Gasteiger partial charge on any atom is 0.348 e. The average Bonchev–Trinajstić information content (AvgIpc) is 2.70. The molecule has 2 aromatic rings. The molecule has 0 aromatic carbocycles. The SMILES string of the molecule is Cc1oc(C)c(-c2cc(N)c(C(=O)O)s2)c1C. The number of anilines is 1. The van der Waals surface area contributed by atoms with Crippen LogP contribution in [0.4, 0.5) is 5.69 Å². The van der Waals surface area contributed by atoms with Gasteiger partial charge in [-0.3, -0.25) is 0 Å². The second-order valence-electron chi connectivity index (χ2n) is 3.91. The summed E-state index contributed by atoms with van der Waals surface area (Å²) in [5.41, 5.74) is 7.97. The normalized spacial score (nSPS) is 10.8. The first-order valence-electron chi connectivity index (χ1n) is 5.11. The molecule has 0 saturated carbocycles. The van der Waals surface area contributed by atoms with Gasteiger partial charge in [-0.2, -0.15) is 0 Å². The van der Waals surface area contributed by atoms with Crippen molar-refractivity contribution in [3.8, 4) is 10.4 Å². The van der Waals surface area contributed by atoms with Gasteiger partial charge in [0.25, 0.3) is 0 Å². The van der Waals surface area contributed by atoms with E-state index in [2.05, 4.69) is 0 Å². The minimum atomic E-state index is -0.991. The van der Waals surface area contributed by atoms with E-state index in [1.165, 1.54) is 11.3 Å². The fourth-order valence-electron chi connectivity index (χ4n) is 1.85. The van der Waals surface area contributed by atoms with Crippen molar-refractivity contribution in [3.63, 3.8) is 0 Å². The van der Waals surface area contributed by atoms with E-state index in [4.69, 9.17) is 15.3 Å². The van der Waals surface area contributed by atoms with Gasteiger partial charge >= 0.3 is 5.97 Å². The highest BCUT2D eigenvalue weighted by Gasteiger charge is 2.19. The molecule has 0 aliphatic carbocycles. The average molecular weight is 251 g/mol. The molecule has 2 heterocycles. The second-order valence-corrected chi connectivity index (χ2v) is 4.97. The molecule has 0 amide bonds. The second kappa shape index (κ2) is 3.92. The van der Waals surface area contributed by atoms with Gasteiger partial charge in [0.15, 0.2) is 0 Å². The fourth-order valence-corrected chi connectivity index (χ4v) is 2.92. The van der Waals surface area contributed by atoms with E-state index in [0.717, 1.165) is 27.5 Å². The van der Waals surface area contributed by atoms with Gasteiger partial charge in [0.2, 0.25) is 0 Å². The van der Waals surface area contributed by atoms with Gasteiger partial charge < -0.3 is 15.3 Å². The summed E-state index contributed by atoms with van der Waals surface area (Å²) in [5.74, 6) is 0.647. The number of carboxylic acids is 1. The van der Waals surface area contributed by atoms with E-state index in [0.29, 0.717) is 5.69 Å². The van der Waals surface area contributed by atoms with Crippen LogP contribution in [0.15, 0.2) is 10.5 Å². The van der Waals surface area contributed by atoms with Gasteiger partial charge in [-0.15, -0.1) is 11.3 Å². The third-order valence-electron chi connectivity index (χ3n) is 2.76. The maximum absolute atomic E-state index is 10.9. The predicted molar refractivity (Wildman–Crippen MR) is 67.6 cm³/mol. The third kappa shape index (κ3) is 1.82. The fraction of sp³-hybridized carbons (Fsp3) is 0.250. The minimum Gasteiger partial charge on any atom is -0.477 e. The lowest BCUT2D eigenvalue weighted by Crippen LogP contribution is -1.96. The van der Waals surface area contributed by atoms with Crippen LogP contribution in [0.1, 0.15) is 26.8 Å². The van der Waals surface area contributed by atoms with Gasteiger partial charge in [-0.1, -0.05) is 0 Å². The zero-order valence-corrected chi connectivity index (χ0v) is 10.6. The van der Waals surface area contributed by atoms with Crippen molar-refractivity contribution in [2.45, 2.75) is 20.8 Å². The van der Waals surface area contributed by atoms with E-state index >= 15 is 0 Å². The number of carbonyl (C=O) groups is 1. The summed E-state index contributed by atoms with van der Waals surface area (Å²) >= 11 is 1.18. The van der Waals surface area contributed by atoms with Gasteiger partial charge in [-0.25, -0.2) is 4.79 Å². The quantitative estimate of drug-likeness (QED) is 0.859. The number of thiophene rings is 1. The highest BCUT2D eigenvalue weighted by Crippen LogP contribution is 2.38. The molecule has 0 bridgehead atoms. The Kier molecular flexibility index (Phi) is 2.71. The Hall–Kier alpha value is -1.75. The van der Waals surface area contributed by atoms with Crippen LogP contribution in [0.25, 0.3) is 10.4 Å². The van der Waals surface area contributed by atoms with E-state index < -0.39 is 5.97 Å². The molecule has 0 saturated heterocycles. The van der Waals surface area contributed by atoms with Crippen LogP contribution in [0.5, 0.6) is 0 Å². The molecule has 90 valence electrons. The number of aryl methyl sites for hydroxylation is 2. The van der Waals surface area contributed by atoms with Crippen molar-refractivity contribution >= 4 is 23.0 Å². The highest BCUT2D eigenvalue weighted by molar-refractivity contribution is 7.18. The molecule has 2 aromatic heterocycles. The molecule has 3 N–H and O–H groups in total. The number of aromatic carboxylic acids is 1. The van der Waals surface area contributed by atoms with Crippen molar-refractivity contribution in [3.05, 3.63) is 28.0 Å². The largest absolute Gasteiger partial charge is 0.477 e. The molecule has 0 aliphatic rings. The van der Waals surface area contributed by atoms with E-state index in [1.807, 2.05) is 20.8 Å². The molecule has 4 nitrogen and oxygen atoms in total. The first-order valence-corrected chi connectivity index (χ1v) is 5.93. The third-order valence-corrected chi connectivity index (χ3v) is 3.92. The molecule has 0 fully saturated rings. The summed E-state index contributed by atoms with van der Waals surface area (Å²) in [7, 11) is 0. The van der Waals surface area contributed by atoms with Crippen LogP contribution in [-0.4, -0.2) is 11.1 Å². The molecule has 5 heteroatoms. The van der Waals surface area contributed by atoms with Crippen molar-refractivity contribution < 1.29 is 14.3 Å². The summed E-state index contributed by atoms with van der Waals surface area (Å²) in [6.07, 6.45) is 0. The molecule has 2 rings (SSSR count). The Morgan fingerprint density at radius 2 is 2.00 bits per heavy atom. The van der Waals surface area contributed by atoms with E-state index in [1.54, 1.807) is 6.07 Å². The number of rotatable bonds is 2. The molecule has 0 radical (unpaired) electrons. The van der Waals surface area contributed by atoms with Crippen molar-refractivity contribution in [1.82, 2.24) is 0 Å². The topological polar surface area (TPSA) is 76.5 Å². The number of nitrogens with two attached hydrogens (primary N) is 1. The first-order chi connectivity index (χ1) is 7.91. The molecule has 0 unspecified atom stereocenters. The molecule has 0 aliphatic heterocycles. The van der Waals surface area contributed by atoms with Crippen LogP contribution in [0.3, 0.4) is 0 Å². The van der Waals surface area contributed by atoms with E-state index in [-0.39, 0.29) is 4.88 Å². The molecular formula is C12H13NO3S. The van der Waals surface area contributed by atoms with Crippen molar-refractivity contribution in [2.75, 3.05) is 5.73 Å². The summed E-state index contributed by atoms with van der Waals surface area (Å²) < 4.78 is 5.53. The predicted octanol–water partition coefficient (Wildman–Crippen LogP) is 3.21. The monoisotopic (exact) mass is 251 g/mol. The van der Waals surface area contributed by atoms with Crippen molar-refractivity contribution in [2.24, 2.45) is 0 Å². The molecule has 0 spiro atoms. The van der Waals surface area contributed by atoms with Crippen LogP contribution in [0, 0.1) is 20.8 Å². The number of furan rings is 1. The zero-order chi connectivity index (χ0) is 12.7. The van der Waals surface area contributed by atoms with Gasteiger partial charge in [0.05, 0.1) is 5.69 Å². The van der Waals surface area contributed by atoms with Crippen LogP contribution in [-0.2, 0) is 0 Å². The summed E-state index contributed by atoms with van der Waals surface area (Å²) in [4.78, 5) is 12.0. The molecular weight excluding hydrogens is 238 g/mol. The standard InChI is InChI=1S/C12H13NO3S/c1-5-6(2)16-7(3)10(5)9-4-8(13)11(17-9)12(14)15/h4H,13H2,1-3H3,(H,14,15). The minimum absolute atomic E-state index is 0.178. The smallest absolute Gasteiger partial charge is 0.348 e. The Morgan fingerprint density at radius 1 is 1.35 bits per heavy atom. The van der Waals surface area contributed by atoms with Gasteiger partial charge in [-0.05, 0) is 32.4 Å². The lowest BCUT2D eigenvalue weighted by atomic mass is 10.1. The van der Waals surface area contributed by atoms with Crippen molar-refractivity contribution in [1.29, 1.82) is 0 Å². The molecule has 17 heavy (non-hydrogen) atoms. The number of hydrogen-bond acceptors (Lipinski definition) is 4. The van der Waals surface area contributed by atoms with Gasteiger partial charge in [0.1, 0.15) is 16.4 Å². The van der Waals surface area contributed by atoms with Crippen LogP contribution in [0.2, 0.25) is 0 Å². The number of nitrogen functional groups attached to an aromatic ring is 1. The number of carboxylic acid groups (broad SMARTS) is 1. The number of hydrogen-bond donors (Lipinski definition) is 2. The highest BCUT2D eigenvalue weighted by atomic mass is 32.1. The Labute approximate surface area is 103 Å². The summed E-state index contributed by atoms with van der Waals surface area (Å²) in [6, 6.07) is 1.69. The first kappa shape index (κ1) is 11.7. The Bertz CT molecular complexity index is 595. The van der Waals surface area contributed by atoms with Crippen LogP contribution >= 0.6 is 11.3 Å². The zero-order valence-electron chi connectivity index (χ0n) is 9.83. The van der Waals surface area contributed by atoms with Crippen LogP contribution < -0.4 is 5.73 Å².